The fourth-order valence-corrected chi connectivity index (χ4v) is 7.88. The van der Waals surface area contributed by atoms with Gasteiger partial charge in [-0.05, 0) is 78.9 Å². The SMILES string of the molecule is Cc1cccc(C)c1-n1ccnc1-c1[c-]cccc1.[Ir].[c-]1ccnc2c1-c1ncccc1C13CCCC21CCC3. The summed E-state index contributed by atoms with van der Waals surface area (Å²) >= 11 is 0. The van der Waals surface area contributed by atoms with Crippen molar-refractivity contribution in [1.82, 2.24) is 19.5 Å². The van der Waals surface area contributed by atoms with E-state index < -0.39 is 0 Å². The van der Waals surface area contributed by atoms with Crippen molar-refractivity contribution in [2.24, 2.45) is 0 Å². The van der Waals surface area contributed by atoms with Gasteiger partial charge in [0.25, 0.3) is 0 Å². The molecule has 203 valence electrons. The molecule has 3 aromatic heterocycles. The topological polar surface area (TPSA) is 43.6 Å². The van der Waals surface area contributed by atoms with Gasteiger partial charge in [0.2, 0.25) is 0 Å². The third-order valence-electron chi connectivity index (χ3n) is 9.36. The Morgan fingerprint density at radius 2 is 1.50 bits per heavy atom. The summed E-state index contributed by atoms with van der Waals surface area (Å²) in [4.78, 5) is 14.0. The number of rotatable bonds is 2. The largest absolute Gasteiger partial charge is 0.356 e. The van der Waals surface area contributed by atoms with Crippen LogP contribution in [0.3, 0.4) is 0 Å². The Morgan fingerprint density at radius 3 is 2.25 bits per heavy atom. The van der Waals surface area contributed by atoms with Gasteiger partial charge in [0.15, 0.2) is 0 Å². The van der Waals surface area contributed by atoms with Crippen LogP contribution in [0.1, 0.15) is 60.9 Å². The van der Waals surface area contributed by atoms with Crippen LogP contribution in [0.25, 0.3) is 28.3 Å². The van der Waals surface area contributed by atoms with E-state index in [1.807, 2.05) is 55.1 Å². The minimum atomic E-state index is 0. The molecule has 0 amide bonds. The van der Waals surface area contributed by atoms with Crippen molar-refractivity contribution in [2.45, 2.75) is 63.2 Å². The van der Waals surface area contributed by atoms with Crippen LogP contribution in [0, 0.1) is 26.0 Å². The zero-order valence-corrected chi connectivity index (χ0v) is 25.3. The van der Waals surface area contributed by atoms with E-state index in [4.69, 9.17) is 9.97 Å². The predicted molar refractivity (Wildman–Crippen MR) is 155 cm³/mol. The van der Waals surface area contributed by atoms with Gasteiger partial charge in [-0.25, -0.2) is 0 Å². The summed E-state index contributed by atoms with van der Waals surface area (Å²) in [5, 5.41) is 0. The van der Waals surface area contributed by atoms with Crippen molar-refractivity contribution in [3.63, 3.8) is 0 Å². The summed E-state index contributed by atoms with van der Waals surface area (Å²) in [6.45, 7) is 4.25. The predicted octanol–water partition coefficient (Wildman–Crippen LogP) is 7.75. The zero-order valence-electron chi connectivity index (χ0n) is 22.9. The average Bonchev–Trinajstić information content (AvgIpc) is 3.69. The maximum absolute atomic E-state index is 4.82. The van der Waals surface area contributed by atoms with Gasteiger partial charge < -0.3 is 14.5 Å². The van der Waals surface area contributed by atoms with E-state index in [-0.39, 0.29) is 25.5 Å². The molecular weight excluding hydrogens is 669 g/mol. The van der Waals surface area contributed by atoms with E-state index in [1.165, 1.54) is 72.2 Å². The van der Waals surface area contributed by atoms with E-state index in [9.17, 15) is 0 Å². The van der Waals surface area contributed by atoms with Crippen molar-refractivity contribution in [3.8, 4) is 28.3 Å². The Balaban J connectivity index is 0.000000141. The van der Waals surface area contributed by atoms with Crippen molar-refractivity contribution in [1.29, 1.82) is 0 Å². The first-order valence-corrected chi connectivity index (χ1v) is 14.0. The molecule has 0 N–H and O–H groups in total. The fourth-order valence-electron chi connectivity index (χ4n) is 7.88. The normalized spacial score (nSPS) is 21.6. The number of para-hydroxylation sites is 1. The van der Waals surface area contributed by atoms with Gasteiger partial charge in [0.05, 0.1) is 5.82 Å². The number of aryl methyl sites for hydroxylation is 2. The second-order valence-electron chi connectivity index (χ2n) is 11.2. The van der Waals surface area contributed by atoms with Crippen molar-refractivity contribution in [3.05, 3.63) is 120 Å². The molecule has 8 rings (SSSR count). The molecule has 1 radical (unpaired) electrons. The molecule has 5 aromatic rings. The molecule has 4 nitrogen and oxygen atoms in total. The molecular formula is C35H32IrN4-2. The maximum Gasteiger partial charge on any atom is 0.0602 e. The van der Waals surface area contributed by atoms with Crippen LogP contribution in [-0.2, 0) is 30.9 Å². The monoisotopic (exact) mass is 701 g/mol. The van der Waals surface area contributed by atoms with Crippen molar-refractivity contribution >= 4 is 0 Å². The Kier molecular flexibility index (Phi) is 7.06. The summed E-state index contributed by atoms with van der Waals surface area (Å²) in [6.07, 6.45) is 15.5. The van der Waals surface area contributed by atoms with E-state index in [0.717, 1.165) is 17.1 Å². The molecule has 0 spiro atoms. The van der Waals surface area contributed by atoms with Gasteiger partial charge in [0, 0.05) is 44.4 Å². The molecule has 0 unspecified atom stereocenters. The fraction of sp³-hybridized carbons (Fsp3) is 0.286. The van der Waals surface area contributed by atoms with Crippen molar-refractivity contribution in [2.75, 3.05) is 0 Å². The molecule has 5 heteroatoms. The van der Waals surface area contributed by atoms with Gasteiger partial charge in [-0.2, -0.15) is 0 Å². The smallest absolute Gasteiger partial charge is 0.0602 e. The summed E-state index contributed by atoms with van der Waals surface area (Å²) in [7, 11) is 0. The van der Waals surface area contributed by atoms with Gasteiger partial charge in [0.1, 0.15) is 0 Å². The number of hydrogen-bond donors (Lipinski definition) is 0. The molecule has 0 bridgehead atoms. The summed E-state index contributed by atoms with van der Waals surface area (Å²) in [5.41, 5.74) is 10.4. The van der Waals surface area contributed by atoms with Crippen LogP contribution < -0.4 is 0 Å². The summed E-state index contributed by atoms with van der Waals surface area (Å²) < 4.78 is 2.14. The van der Waals surface area contributed by atoms with Gasteiger partial charge >= 0.3 is 0 Å². The van der Waals surface area contributed by atoms with Gasteiger partial charge in [-0.1, -0.05) is 48.9 Å². The number of pyridine rings is 2. The van der Waals surface area contributed by atoms with E-state index in [1.54, 1.807) is 0 Å². The molecule has 3 aliphatic rings. The summed E-state index contributed by atoms with van der Waals surface area (Å²) in [6, 6.07) is 27.3. The molecule has 40 heavy (non-hydrogen) atoms. The minimum absolute atomic E-state index is 0. The second-order valence-corrected chi connectivity index (χ2v) is 11.2. The van der Waals surface area contributed by atoms with Crippen LogP contribution in [0.2, 0.25) is 0 Å². The van der Waals surface area contributed by atoms with Crippen LogP contribution in [-0.4, -0.2) is 19.5 Å². The molecule has 2 saturated carbocycles. The van der Waals surface area contributed by atoms with E-state index in [2.05, 4.69) is 65.9 Å². The van der Waals surface area contributed by atoms with Crippen molar-refractivity contribution < 1.29 is 20.1 Å². The number of benzene rings is 2. The summed E-state index contributed by atoms with van der Waals surface area (Å²) in [5.74, 6) is 0.929. The van der Waals surface area contributed by atoms with Gasteiger partial charge in [-0.15, -0.1) is 53.6 Å². The Bertz CT molecular complexity index is 1570. The van der Waals surface area contributed by atoms with Crippen LogP contribution in [0.15, 0.2) is 85.5 Å². The first-order valence-electron chi connectivity index (χ1n) is 14.0. The second kappa shape index (κ2) is 10.5. The van der Waals surface area contributed by atoms with E-state index >= 15 is 0 Å². The molecule has 0 saturated heterocycles. The van der Waals surface area contributed by atoms with Gasteiger partial charge in [-0.3, -0.25) is 4.98 Å². The Morgan fingerprint density at radius 1 is 0.725 bits per heavy atom. The molecule has 2 fully saturated rings. The number of imidazole rings is 1. The van der Waals surface area contributed by atoms with Crippen LogP contribution in [0.5, 0.6) is 0 Å². The number of nitrogens with zero attached hydrogens (tertiary/aromatic N) is 4. The Hall–Kier alpha value is -3.40. The molecule has 3 heterocycles. The molecule has 0 aliphatic heterocycles. The first kappa shape index (κ1) is 26.8. The van der Waals surface area contributed by atoms with Crippen LogP contribution >= 0.6 is 0 Å². The third kappa shape index (κ3) is 3.94. The average molecular weight is 701 g/mol. The molecule has 0 atom stereocenters. The maximum atomic E-state index is 4.82. The quantitative estimate of drug-likeness (QED) is 0.177. The molecule has 2 aromatic carbocycles. The third-order valence-corrected chi connectivity index (χ3v) is 9.36. The standard InChI is InChI=1S/C18H17N2.C17H15N2.Ir/c1-5-13-15-14(6-2-11-19-15)17-7-3-9-18(17,10-4-8-17)16(13)20-12-1;1-13-7-6-8-14(2)16(13)19-12-11-18-17(19)15-9-4-3-5-10-15;/h1-2,6,11-12H,3-4,7-10H2;3-9,11-12H,1-2H3;/q2*-1;. The minimum Gasteiger partial charge on any atom is -0.356 e. The number of fused-ring (bicyclic) bond motifs is 3. The molecule has 3 aliphatic carbocycles. The number of hydrogen-bond acceptors (Lipinski definition) is 3. The first-order chi connectivity index (χ1) is 19.1. The van der Waals surface area contributed by atoms with Crippen LogP contribution in [0.4, 0.5) is 0 Å². The van der Waals surface area contributed by atoms with E-state index in [0.29, 0.717) is 5.41 Å². The Labute approximate surface area is 250 Å². The number of aromatic nitrogens is 4. The zero-order chi connectivity index (χ0) is 26.5.